The molecule has 7 heteroatoms. The van der Waals surface area contributed by atoms with Crippen molar-refractivity contribution in [2.45, 2.75) is 19.4 Å². The first-order valence-corrected chi connectivity index (χ1v) is 6.38. The van der Waals surface area contributed by atoms with E-state index in [9.17, 15) is 14.4 Å². The zero-order chi connectivity index (χ0) is 15.1. The number of rotatable bonds is 6. The first-order chi connectivity index (χ1) is 9.45. The van der Waals surface area contributed by atoms with E-state index in [-0.39, 0.29) is 23.6 Å². The number of carboxylic acid groups (broad SMARTS) is 1. The fourth-order valence-corrected chi connectivity index (χ4v) is 1.71. The summed E-state index contributed by atoms with van der Waals surface area (Å²) in [5.74, 6) is -2.17. The quantitative estimate of drug-likeness (QED) is 0.731. The Bertz CT molecular complexity index is 519. The Morgan fingerprint density at radius 1 is 1.30 bits per heavy atom. The summed E-state index contributed by atoms with van der Waals surface area (Å²) in [6, 6.07) is 5.47. The number of benzene rings is 1. The summed E-state index contributed by atoms with van der Waals surface area (Å²) < 4.78 is 0. The lowest BCUT2D eigenvalue weighted by Crippen LogP contribution is -2.45. The van der Waals surface area contributed by atoms with Gasteiger partial charge in [0.1, 0.15) is 6.04 Å². The maximum absolute atomic E-state index is 11.8. The fourth-order valence-electron chi connectivity index (χ4n) is 1.48. The number of carbonyl (C=O) groups is 3. The van der Waals surface area contributed by atoms with Crippen molar-refractivity contribution in [1.29, 1.82) is 0 Å². The van der Waals surface area contributed by atoms with Crippen molar-refractivity contribution < 1.29 is 19.5 Å². The molecular formula is C13H15ClN2O4. The molecule has 0 fully saturated rings. The Hall–Kier alpha value is -2.08. The minimum atomic E-state index is -1.11. The molecule has 0 bridgehead atoms. The second-order valence-corrected chi connectivity index (χ2v) is 4.44. The number of halogens is 1. The zero-order valence-electron chi connectivity index (χ0n) is 10.9. The van der Waals surface area contributed by atoms with E-state index in [0.29, 0.717) is 0 Å². The van der Waals surface area contributed by atoms with Crippen LogP contribution < -0.4 is 10.6 Å². The number of carboxylic acids is 1. The van der Waals surface area contributed by atoms with Gasteiger partial charge in [0.15, 0.2) is 0 Å². The number of hydrogen-bond acceptors (Lipinski definition) is 3. The number of hydrogen-bond donors (Lipinski definition) is 3. The summed E-state index contributed by atoms with van der Waals surface area (Å²) in [5, 5.41) is 13.8. The highest BCUT2D eigenvalue weighted by atomic mass is 35.5. The molecule has 0 aromatic heterocycles. The molecule has 0 heterocycles. The van der Waals surface area contributed by atoms with Crippen molar-refractivity contribution in [2.75, 3.05) is 6.54 Å². The number of nitrogens with one attached hydrogen (secondary N) is 2. The lowest BCUT2D eigenvalue weighted by molar-refractivity contribution is -0.141. The van der Waals surface area contributed by atoms with E-state index in [1.807, 2.05) is 0 Å². The summed E-state index contributed by atoms with van der Waals surface area (Å²) in [7, 11) is 0. The minimum absolute atomic E-state index is 0.257. The number of amides is 2. The van der Waals surface area contributed by atoms with E-state index < -0.39 is 23.8 Å². The molecule has 0 unspecified atom stereocenters. The average Bonchev–Trinajstić information content (AvgIpc) is 2.42. The second kappa shape index (κ2) is 7.49. The molecule has 6 nitrogen and oxygen atoms in total. The van der Waals surface area contributed by atoms with Crippen LogP contribution in [-0.2, 0) is 9.59 Å². The zero-order valence-corrected chi connectivity index (χ0v) is 11.6. The molecule has 0 aliphatic rings. The van der Waals surface area contributed by atoms with Crippen molar-refractivity contribution in [3.8, 4) is 0 Å². The van der Waals surface area contributed by atoms with Crippen LogP contribution in [0.5, 0.6) is 0 Å². The highest BCUT2D eigenvalue weighted by Gasteiger charge is 2.18. The molecule has 20 heavy (non-hydrogen) atoms. The first-order valence-electron chi connectivity index (χ1n) is 6.00. The molecular weight excluding hydrogens is 284 g/mol. The van der Waals surface area contributed by atoms with Gasteiger partial charge in [-0.25, -0.2) is 4.79 Å². The highest BCUT2D eigenvalue weighted by molar-refractivity contribution is 6.33. The predicted molar refractivity (Wildman–Crippen MR) is 73.6 cm³/mol. The molecule has 3 N–H and O–H groups in total. The van der Waals surface area contributed by atoms with Crippen LogP contribution in [0.2, 0.25) is 5.02 Å². The van der Waals surface area contributed by atoms with E-state index in [2.05, 4.69) is 10.6 Å². The summed E-state index contributed by atoms with van der Waals surface area (Å²) in [4.78, 5) is 34.0. The average molecular weight is 299 g/mol. The van der Waals surface area contributed by atoms with Gasteiger partial charge < -0.3 is 15.7 Å². The standard InChI is InChI=1S/C13H15ClN2O4/c1-2-10(13(19)20)16-11(17)7-15-12(18)8-5-3-4-6-9(8)14/h3-6,10H,2,7H2,1H3,(H,15,18)(H,16,17)(H,19,20)/t10-/m0/s1. The van der Waals surface area contributed by atoms with E-state index in [1.165, 1.54) is 6.07 Å². The Labute approximate surface area is 121 Å². The number of aliphatic carboxylic acids is 1. The molecule has 0 saturated carbocycles. The van der Waals surface area contributed by atoms with Crippen LogP contribution in [0.15, 0.2) is 24.3 Å². The van der Waals surface area contributed by atoms with Crippen molar-refractivity contribution in [3.05, 3.63) is 34.9 Å². The molecule has 0 aliphatic heterocycles. The smallest absolute Gasteiger partial charge is 0.326 e. The van der Waals surface area contributed by atoms with Gasteiger partial charge in [-0.3, -0.25) is 9.59 Å². The lowest BCUT2D eigenvalue weighted by Gasteiger charge is -2.12. The molecule has 1 aromatic rings. The van der Waals surface area contributed by atoms with Gasteiger partial charge in [-0.15, -0.1) is 0 Å². The minimum Gasteiger partial charge on any atom is -0.480 e. The van der Waals surface area contributed by atoms with Crippen LogP contribution in [-0.4, -0.2) is 35.5 Å². The summed E-state index contributed by atoms with van der Waals surface area (Å²) in [6.07, 6.45) is 0.263. The van der Waals surface area contributed by atoms with Gasteiger partial charge in [0.2, 0.25) is 5.91 Å². The van der Waals surface area contributed by atoms with Crippen LogP contribution in [0.3, 0.4) is 0 Å². The normalized spacial score (nSPS) is 11.5. The predicted octanol–water partition coefficient (Wildman–Crippen LogP) is 1.05. The van der Waals surface area contributed by atoms with Crippen molar-refractivity contribution >= 4 is 29.4 Å². The molecule has 0 saturated heterocycles. The monoisotopic (exact) mass is 298 g/mol. The Morgan fingerprint density at radius 2 is 1.95 bits per heavy atom. The maximum Gasteiger partial charge on any atom is 0.326 e. The van der Waals surface area contributed by atoms with Crippen LogP contribution >= 0.6 is 11.6 Å². The van der Waals surface area contributed by atoms with Crippen molar-refractivity contribution in [1.82, 2.24) is 10.6 Å². The molecule has 0 spiro atoms. The molecule has 2 amide bonds. The highest BCUT2D eigenvalue weighted by Crippen LogP contribution is 2.14. The van der Waals surface area contributed by atoms with E-state index >= 15 is 0 Å². The van der Waals surface area contributed by atoms with Crippen LogP contribution in [0, 0.1) is 0 Å². The van der Waals surface area contributed by atoms with E-state index in [1.54, 1.807) is 25.1 Å². The topological polar surface area (TPSA) is 95.5 Å². The lowest BCUT2D eigenvalue weighted by atomic mass is 10.2. The van der Waals surface area contributed by atoms with Crippen LogP contribution in [0.4, 0.5) is 0 Å². The van der Waals surface area contributed by atoms with Gasteiger partial charge >= 0.3 is 5.97 Å². The SMILES string of the molecule is CC[C@H](NC(=O)CNC(=O)c1ccccc1Cl)C(=O)O. The Kier molecular flexibility index (Phi) is 5.99. The fraction of sp³-hybridized carbons (Fsp3) is 0.308. The molecule has 0 aliphatic carbocycles. The Morgan fingerprint density at radius 3 is 2.50 bits per heavy atom. The van der Waals surface area contributed by atoms with Gasteiger partial charge in [0.25, 0.3) is 5.91 Å². The summed E-state index contributed by atoms with van der Waals surface area (Å²) in [6.45, 7) is 1.33. The molecule has 1 aromatic carbocycles. The third kappa shape index (κ3) is 4.55. The largest absolute Gasteiger partial charge is 0.480 e. The third-order valence-corrected chi connectivity index (χ3v) is 2.90. The molecule has 0 radical (unpaired) electrons. The first kappa shape index (κ1) is 16.0. The maximum atomic E-state index is 11.8. The van der Waals surface area contributed by atoms with Gasteiger partial charge in [-0.05, 0) is 18.6 Å². The van der Waals surface area contributed by atoms with Crippen molar-refractivity contribution in [3.63, 3.8) is 0 Å². The molecule has 1 atom stereocenters. The van der Waals surface area contributed by atoms with Crippen LogP contribution in [0.1, 0.15) is 23.7 Å². The summed E-state index contributed by atoms with van der Waals surface area (Å²) in [5.41, 5.74) is 0.257. The van der Waals surface area contributed by atoms with Crippen molar-refractivity contribution in [2.24, 2.45) is 0 Å². The van der Waals surface area contributed by atoms with Crippen LogP contribution in [0.25, 0.3) is 0 Å². The molecule has 108 valence electrons. The van der Waals surface area contributed by atoms with Gasteiger partial charge in [0.05, 0.1) is 17.1 Å². The summed E-state index contributed by atoms with van der Waals surface area (Å²) >= 11 is 5.84. The van der Waals surface area contributed by atoms with E-state index in [4.69, 9.17) is 16.7 Å². The number of carbonyl (C=O) groups excluding carboxylic acids is 2. The third-order valence-electron chi connectivity index (χ3n) is 2.57. The Balaban J connectivity index is 2.51. The molecule has 1 rings (SSSR count). The van der Waals surface area contributed by atoms with Gasteiger partial charge in [-0.2, -0.15) is 0 Å². The second-order valence-electron chi connectivity index (χ2n) is 4.03. The van der Waals surface area contributed by atoms with Gasteiger partial charge in [0, 0.05) is 0 Å². The van der Waals surface area contributed by atoms with Gasteiger partial charge in [-0.1, -0.05) is 30.7 Å². The van der Waals surface area contributed by atoms with E-state index in [0.717, 1.165) is 0 Å².